The lowest BCUT2D eigenvalue weighted by atomic mass is 9.70. The minimum Gasteiger partial charge on any atom is -0.381 e. The number of ether oxygens (including phenoxy) is 2. The molecule has 1 fully saturated rings. The lowest BCUT2D eigenvalue weighted by Gasteiger charge is -2.43. The van der Waals surface area contributed by atoms with Crippen LogP contribution < -0.4 is 5.32 Å². The molecule has 1 aliphatic carbocycles. The van der Waals surface area contributed by atoms with Gasteiger partial charge in [0.15, 0.2) is 0 Å². The minimum absolute atomic E-state index is 0.0217. The highest BCUT2D eigenvalue weighted by Crippen LogP contribution is 2.48. The van der Waals surface area contributed by atoms with Gasteiger partial charge in [0.2, 0.25) is 0 Å². The van der Waals surface area contributed by atoms with E-state index in [0.29, 0.717) is 17.1 Å². The Morgan fingerprint density at radius 2 is 1.88 bits per heavy atom. The zero-order valence-electron chi connectivity index (χ0n) is 17.7. The molecule has 3 atom stereocenters. The van der Waals surface area contributed by atoms with Gasteiger partial charge in [-0.05, 0) is 48.3 Å². The molecule has 32 heavy (non-hydrogen) atoms. The van der Waals surface area contributed by atoms with E-state index in [1.165, 1.54) is 6.33 Å². The van der Waals surface area contributed by atoms with Crippen molar-refractivity contribution < 1.29 is 22.6 Å². The van der Waals surface area contributed by atoms with Crippen molar-refractivity contribution in [3.63, 3.8) is 0 Å². The molecule has 2 aromatic heterocycles. The number of aromatic nitrogens is 3. The highest BCUT2D eigenvalue weighted by molar-refractivity contribution is 5.88. The summed E-state index contributed by atoms with van der Waals surface area (Å²) in [6.07, 6.45) is -0.494. The molecule has 6 nitrogen and oxygen atoms in total. The molecule has 170 valence electrons. The Hall–Kier alpha value is -2.65. The number of rotatable bonds is 4. The number of anilines is 1. The third-order valence-electron chi connectivity index (χ3n) is 6.77. The van der Waals surface area contributed by atoms with Gasteiger partial charge in [-0.1, -0.05) is 24.3 Å². The van der Waals surface area contributed by atoms with Crippen LogP contribution in [0.25, 0.3) is 11.0 Å². The van der Waals surface area contributed by atoms with Crippen LogP contribution in [0.3, 0.4) is 0 Å². The van der Waals surface area contributed by atoms with Crippen LogP contribution in [0, 0.1) is 11.8 Å². The predicted molar refractivity (Wildman–Crippen MR) is 113 cm³/mol. The number of nitrogens with one attached hydrogen (secondary N) is 2. The maximum absolute atomic E-state index is 13.3. The SMILES string of the molecule is CO[C@H]1C[C@H](C2CCOCC2)[C@@H](Nc2ncnc3[nH]c(C(F)(F)F)cc23)c2ccccc21. The van der Waals surface area contributed by atoms with Gasteiger partial charge in [-0.3, -0.25) is 0 Å². The van der Waals surface area contributed by atoms with Gasteiger partial charge in [-0.25, -0.2) is 9.97 Å². The first kappa shape index (κ1) is 21.2. The summed E-state index contributed by atoms with van der Waals surface area (Å²) in [5.74, 6) is 1.04. The van der Waals surface area contributed by atoms with E-state index in [0.717, 1.165) is 49.7 Å². The number of H-pyrrole nitrogens is 1. The molecule has 9 heteroatoms. The van der Waals surface area contributed by atoms with Crippen molar-refractivity contribution in [2.24, 2.45) is 11.8 Å². The Morgan fingerprint density at radius 3 is 2.59 bits per heavy atom. The van der Waals surface area contributed by atoms with Crippen LogP contribution in [0.15, 0.2) is 36.7 Å². The van der Waals surface area contributed by atoms with Crippen molar-refractivity contribution in [1.29, 1.82) is 0 Å². The second-order valence-corrected chi connectivity index (χ2v) is 8.49. The Kier molecular flexibility index (Phi) is 5.54. The van der Waals surface area contributed by atoms with Gasteiger partial charge in [0, 0.05) is 20.3 Å². The fraction of sp³-hybridized carbons (Fsp3) is 0.478. The van der Waals surface area contributed by atoms with E-state index in [-0.39, 0.29) is 23.7 Å². The molecule has 0 saturated carbocycles. The molecule has 1 aromatic carbocycles. The molecule has 1 saturated heterocycles. The summed E-state index contributed by atoms with van der Waals surface area (Å²) in [7, 11) is 1.72. The van der Waals surface area contributed by atoms with Crippen LogP contribution in [0.4, 0.5) is 19.0 Å². The molecule has 0 amide bonds. The molecule has 0 radical (unpaired) electrons. The van der Waals surface area contributed by atoms with Gasteiger partial charge in [0.05, 0.1) is 17.5 Å². The van der Waals surface area contributed by atoms with Gasteiger partial charge in [0.25, 0.3) is 0 Å². The summed E-state index contributed by atoms with van der Waals surface area (Å²) < 4.78 is 51.2. The maximum atomic E-state index is 13.3. The van der Waals surface area contributed by atoms with Gasteiger partial charge in [-0.2, -0.15) is 13.2 Å². The molecule has 0 unspecified atom stereocenters. The second-order valence-electron chi connectivity index (χ2n) is 8.49. The number of fused-ring (bicyclic) bond motifs is 2. The first-order valence-electron chi connectivity index (χ1n) is 10.8. The number of alkyl halides is 3. The van der Waals surface area contributed by atoms with Crippen molar-refractivity contribution >= 4 is 16.9 Å². The third kappa shape index (κ3) is 3.84. The Morgan fingerprint density at radius 1 is 1.12 bits per heavy atom. The highest BCUT2D eigenvalue weighted by Gasteiger charge is 2.40. The number of hydrogen-bond donors (Lipinski definition) is 2. The van der Waals surface area contributed by atoms with Crippen molar-refractivity contribution in [2.45, 2.75) is 37.6 Å². The van der Waals surface area contributed by atoms with Crippen LogP contribution in [-0.2, 0) is 15.7 Å². The number of halogens is 3. The summed E-state index contributed by atoms with van der Waals surface area (Å²) in [4.78, 5) is 10.7. The molecule has 0 bridgehead atoms. The quantitative estimate of drug-likeness (QED) is 0.572. The molecule has 2 aliphatic rings. The summed E-state index contributed by atoms with van der Waals surface area (Å²) in [6, 6.07) is 9.07. The van der Waals surface area contributed by atoms with Crippen molar-refractivity contribution in [3.8, 4) is 0 Å². The first-order chi connectivity index (χ1) is 15.5. The zero-order valence-corrected chi connectivity index (χ0v) is 17.7. The average molecular weight is 446 g/mol. The van der Waals surface area contributed by atoms with Gasteiger partial charge < -0.3 is 19.8 Å². The van der Waals surface area contributed by atoms with E-state index < -0.39 is 11.9 Å². The molecule has 1 aliphatic heterocycles. The number of hydrogen-bond acceptors (Lipinski definition) is 5. The summed E-state index contributed by atoms with van der Waals surface area (Å²) in [5, 5.41) is 3.83. The molecular weight excluding hydrogens is 421 g/mol. The van der Waals surface area contributed by atoms with Crippen LogP contribution >= 0.6 is 0 Å². The maximum Gasteiger partial charge on any atom is 0.431 e. The molecule has 3 heterocycles. The Labute approximate surface area is 183 Å². The highest BCUT2D eigenvalue weighted by atomic mass is 19.4. The number of methoxy groups -OCH3 is 1. The van der Waals surface area contributed by atoms with Crippen LogP contribution in [-0.4, -0.2) is 35.3 Å². The number of benzene rings is 1. The molecule has 3 aromatic rings. The van der Waals surface area contributed by atoms with E-state index in [2.05, 4.69) is 32.4 Å². The minimum atomic E-state index is -4.48. The van der Waals surface area contributed by atoms with E-state index >= 15 is 0 Å². The van der Waals surface area contributed by atoms with E-state index in [9.17, 15) is 13.2 Å². The Balaban J connectivity index is 1.57. The summed E-state index contributed by atoms with van der Waals surface area (Å²) >= 11 is 0. The normalized spacial score (nSPS) is 24.4. The van der Waals surface area contributed by atoms with Crippen LogP contribution in [0.5, 0.6) is 0 Å². The molecule has 0 spiro atoms. The number of aromatic amines is 1. The summed E-state index contributed by atoms with van der Waals surface area (Å²) in [5.41, 5.74) is 1.53. The van der Waals surface area contributed by atoms with Crippen molar-refractivity contribution in [2.75, 3.05) is 25.6 Å². The second kappa shape index (κ2) is 8.37. The third-order valence-corrected chi connectivity index (χ3v) is 6.77. The van der Waals surface area contributed by atoms with Crippen molar-refractivity contribution in [1.82, 2.24) is 15.0 Å². The average Bonchev–Trinajstić information content (AvgIpc) is 3.26. The van der Waals surface area contributed by atoms with Gasteiger partial charge in [0.1, 0.15) is 23.5 Å². The fourth-order valence-electron chi connectivity index (χ4n) is 5.20. The standard InChI is InChI=1S/C23H25F3N4O2/c1-31-18-10-16(13-6-8-32-9-7-13)20(15-5-3-2-4-14(15)18)30-22-17-11-19(23(24,25)26)29-21(17)27-12-28-22/h2-5,11-13,16,18,20H,6-10H2,1H3,(H2,27,28,29,30)/t16-,18+,20+/m1/s1. The monoisotopic (exact) mass is 446 g/mol. The lowest BCUT2D eigenvalue weighted by Crippen LogP contribution is -2.36. The van der Waals surface area contributed by atoms with E-state index in [1.807, 2.05) is 12.1 Å². The van der Waals surface area contributed by atoms with Crippen LogP contribution in [0.2, 0.25) is 0 Å². The summed E-state index contributed by atoms with van der Waals surface area (Å²) in [6.45, 7) is 1.44. The van der Waals surface area contributed by atoms with E-state index in [1.54, 1.807) is 7.11 Å². The van der Waals surface area contributed by atoms with Crippen LogP contribution in [0.1, 0.15) is 48.2 Å². The topological polar surface area (TPSA) is 72.1 Å². The largest absolute Gasteiger partial charge is 0.431 e. The lowest BCUT2D eigenvalue weighted by molar-refractivity contribution is -0.140. The smallest absolute Gasteiger partial charge is 0.381 e. The fourth-order valence-corrected chi connectivity index (χ4v) is 5.20. The van der Waals surface area contributed by atoms with Crippen molar-refractivity contribution in [3.05, 3.63) is 53.5 Å². The molecule has 5 rings (SSSR count). The molecule has 2 N–H and O–H groups in total. The van der Waals surface area contributed by atoms with E-state index in [4.69, 9.17) is 9.47 Å². The van der Waals surface area contributed by atoms with Gasteiger partial charge in [-0.15, -0.1) is 0 Å². The van der Waals surface area contributed by atoms with Gasteiger partial charge >= 0.3 is 6.18 Å². The first-order valence-corrected chi connectivity index (χ1v) is 10.8. The predicted octanol–water partition coefficient (Wildman–Crippen LogP) is 5.26. The number of nitrogens with zero attached hydrogens (tertiary/aromatic N) is 2. The zero-order chi connectivity index (χ0) is 22.3. The molecular formula is C23H25F3N4O2. The Bertz CT molecular complexity index is 1090.